The van der Waals surface area contributed by atoms with Gasteiger partial charge in [-0.2, -0.15) is 0 Å². The van der Waals surface area contributed by atoms with Gasteiger partial charge < -0.3 is 9.88 Å². The Hall–Kier alpha value is -0.970. The number of aryl methyl sites for hydroxylation is 1. The first-order valence-electron chi connectivity index (χ1n) is 10.1. The number of hydrogen-bond donors (Lipinski definition) is 1. The fourth-order valence-electron chi connectivity index (χ4n) is 4.30. The van der Waals surface area contributed by atoms with Crippen molar-refractivity contribution in [2.24, 2.45) is 5.92 Å². The molecule has 3 rings (SSSR count). The number of thioether (sulfide) groups is 1. The van der Waals surface area contributed by atoms with E-state index in [1.165, 1.54) is 69.9 Å². The Balaban J connectivity index is 1.53. The topological polar surface area (TPSA) is 46.9 Å². The van der Waals surface area contributed by atoms with Crippen molar-refractivity contribution in [2.75, 3.05) is 12.3 Å². The quantitative estimate of drug-likeness (QED) is 0.739. The number of hydrogen-bond acceptors (Lipinski definition) is 3. The van der Waals surface area contributed by atoms with Crippen molar-refractivity contribution in [3.63, 3.8) is 0 Å². The summed E-state index contributed by atoms with van der Waals surface area (Å²) in [6.07, 6.45) is 13.0. The van der Waals surface area contributed by atoms with Gasteiger partial charge in [-0.1, -0.05) is 50.3 Å². The van der Waals surface area contributed by atoms with E-state index in [1.807, 2.05) is 0 Å². The molecular weight excluding hydrogens is 330 g/mol. The molecule has 4 nitrogen and oxygen atoms in total. The van der Waals surface area contributed by atoms with E-state index in [-0.39, 0.29) is 5.91 Å². The highest BCUT2D eigenvalue weighted by Gasteiger charge is 2.22. The van der Waals surface area contributed by atoms with Crippen molar-refractivity contribution in [2.45, 2.75) is 89.3 Å². The number of rotatable bonds is 6. The Kier molecular flexibility index (Phi) is 6.85. The molecule has 0 radical (unpaired) electrons. The van der Waals surface area contributed by atoms with E-state index in [0.717, 1.165) is 17.4 Å². The van der Waals surface area contributed by atoms with Gasteiger partial charge in [0.1, 0.15) is 0 Å². The highest BCUT2D eigenvalue weighted by atomic mass is 32.2. The second-order valence-corrected chi connectivity index (χ2v) is 8.77. The summed E-state index contributed by atoms with van der Waals surface area (Å²) in [5.41, 5.74) is 2.38. The molecule has 2 aliphatic rings. The summed E-state index contributed by atoms with van der Waals surface area (Å²) in [6.45, 7) is 5.11. The molecule has 5 heteroatoms. The van der Waals surface area contributed by atoms with E-state index in [9.17, 15) is 4.79 Å². The second kappa shape index (κ2) is 9.11. The van der Waals surface area contributed by atoms with Crippen LogP contribution in [0.25, 0.3) is 0 Å². The Morgan fingerprint density at radius 2 is 1.72 bits per heavy atom. The van der Waals surface area contributed by atoms with E-state index in [2.05, 4.69) is 23.7 Å². The largest absolute Gasteiger partial charge is 0.355 e. The Labute approximate surface area is 156 Å². The number of nitrogens with one attached hydrogen (secondary N) is 1. The van der Waals surface area contributed by atoms with Crippen molar-refractivity contribution >= 4 is 17.7 Å². The molecule has 0 unspecified atom stereocenters. The molecule has 1 amide bonds. The maximum Gasteiger partial charge on any atom is 0.230 e. The first-order valence-corrected chi connectivity index (χ1v) is 11.1. The predicted molar refractivity (Wildman–Crippen MR) is 104 cm³/mol. The van der Waals surface area contributed by atoms with Gasteiger partial charge in [0.25, 0.3) is 0 Å². The standard InChI is InChI=1S/C20H33N3OS/c1-15-16(2)23(18-11-7-4-8-12-18)20(22-15)25-14-19(24)21-13-17-9-5-3-6-10-17/h17-18H,3-14H2,1-2H3,(H,21,24). The van der Waals surface area contributed by atoms with Gasteiger partial charge in [-0.25, -0.2) is 4.98 Å². The van der Waals surface area contributed by atoms with Crippen LogP contribution in [0.15, 0.2) is 5.16 Å². The number of carbonyl (C=O) groups excluding carboxylic acids is 1. The number of nitrogens with zero attached hydrogens (tertiary/aromatic N) is 2. The van der Waals surface area contributed by atoms with Crippen LogP contribution >= 0.6 is 11.8 Å². The third kappa shape index (κ3) is 5.02. The fourth-order valence-corrected chi connectivity index (χ4v) is 5.29. The minimum atomic E-state index is 0.157. The van der Waals surface area contributed by atoms with Gasteiger partial charge in [0.2, 0.25) is 5.91 Å². The van der Waals surface area contributed by atoms with Gasteiger partial charge in [-0.15, -0.1) is 0 Å². The zero-order valence-corrected chi connectivity index (χ0v) is 16.7. The van der Waals surface area contributed by atoms with Crippen LogP contribution in [0.5, 0.6) is 0 Å². The van der Waals surface area contributed by atoms with Gasteiger partial charge in [0.05, 0.1) is 11.4 Å². The van der Waals surface area contributed by atoms with Gasteiger partial charge in [-0.05, 0) is 45.4 Å². The zero-order valence-electron chi connectivity index (χ0n) is 15.9. The molecule has 1 aromatic rings. The summed E-state index contributed by atoms with van der Waals surface area (Å²) in [7, 11) is 0. The summed E-state index contributed by atoms with van der Waals surface area (Å²) in [5.74, 6) is 1.33. The lowest BCUT2D eigenvalue weighted by atomic mass is 9.89. The SMILES string of the molecule is Cc1nc(SCC(=O)NCC2CCCCC2)n(C2CCCCC2)c1C. The molecule has 2 aliphatic carbocycles. The molecule has 0 bridgehead atoms. The Morgan fingerprint density at radius 1 is 1.08 bits per heavy atom. The van der Waals surface area contributed by atoms with Crippen molar-refractivity contribution in [1.29, 1.82) is 0 Å². The van der Waals surface area contributed by atoms with E-state index >= 15 is 0 Å². The Morgan fingerprint density at radius 3 is 2.40 bits per heavy atom. The second-order valence-electron chi connectivity index (χ2n) is 7.82. The van der Waals surface area contributed by atoms with Crippen LogP contribution in [0.3, 0.4) is 0 Å². The summed E-state index contributed by atoms with van der Waals surface area (Å²) in [6, 6.07) is 0.572. The van der Waals surface area contributed by atoms with Crippen molar-refractivity contribution < 1.29 is 4.79 Å². The summed E-state index contributed by atoms with van der Waals surface area (Å²) in [4.78, 5) is 17.0. The van der Waals surface area contributed by atoms with E-state index in [4.69, 9.17) is 4.98 Å². The molecule has 0 spiro atoms. The molecule has 0 atom stereocenters. The minimum Gasteiger partial charge on any atom is -0.355 e. The third-order valence-electron chi connectivity index (χ3n) is 5.94. The van der Waals surface area contributed by atoms with Crippen LogP contribution in [0, 0.1) is 19.8 Å². The lowest BCUT2D eigenvalue weighted by Crippen LogP contribution is -2.31. The van der Waals surface area contributed by atoms with Gasteiger partial charge in [0.15, 0.2) is 5.16 Å². The monoisotopic (exact) mass is 363 g/mol. The normalized spacial score (nSPS) is 19.9. The van der Waals surface area contributed by atoms with E-state index < -0.39 is 0 Å². The highest BCUT2D eigenvalue weighted by molar-refractivity contribution is 7.99. The van der Waals surface area contributed by atoms with E-state index in [0.29, 0.717) is 17.7 Å². The fraction of sp³-hybridized carbons (Fsp3) is 0.800. The summed E-state index contributed by atoms with van der Waals surface area (Å²) < 4.78 is 2.41. The molecule has 25 heavy (non-hydrogen) atoms. The summed E-state index contributed by atoms with van der Waals surface area (Å²) in [5, 5.41) is 4.18. The number of aromatic nitrogens is 2. The molecule has 0 aromatic carbocycles. The lowest BCUT2D eigenvalue weighted by molar-refractivity contribution is -0.118. The Bertz CT molecular complexity index is 572. The molecule has 1 aromatic heterocycles. The van der Waals surface area contributed by atoms with Gasteiger partial charge in [0, 0.05) is 18.3 Å². The molecule has 1 heterocycles. The number of carbonyl (C=O) groups is 1. The predicted octanol–water partition coefficient (Wildman–Crippen LogP) is 4.79. The molecule has 0 aliphatic heterocycles. The van der Waals surface area contributed by atoms with Crippen LogP contribution in [-0.2, 0) is 4.79 Å². The van der Waals surface area contributed by atoms with E-state index in [1.54, 1.807) is 11.8 Å². The minimum absolute atomic E-state index is 0.157. The molecule has 2 saturated carbocycles. The van der Waals surface area contributed by atoms with Crippen LogP contribution in [0.1, 0.15) is 81.6 Å². The van der Waals surface area contributed by atoms with Gasteiger partial charge >= 0.3 is 0 Å². The molecule has 0 saturated heterocycles. The first-order chi connectivity index (χ1) is 12.1. The molecule has 140 valence electrons. The third-order valence-corrected chi connectivity index (χ3v) is 6.89. The van der Waals surface area contributed by atoms with Crippen LogP contribution in [0.2, 0.25) is 0 Å². The van der Waals surface area contributed by atoms with Crippen LogP contribution in [-0.4, -0.2) is 27.8 Å². The molecular formula is C20H33N3OS. The lowest BCUT2D eigenvalue weighted by Gasteiger charge is -2.26. The van der Waals surface area contributed by atoms with Crippen molar-refractivity contribution in [3.8, 4) is 0 Å². The zero-order chi connectivity index (χ0) is 17.6. The average Bonchev–Trinajstić information content (AvgIpc) is 2.94. The van der Waals surface area contributed by atoms with Gasteiger partial charge in [-0.3, -0.25) is 4.79 Å². The van der Waals surface area contributed by atoms with Crippen molar-refractivity contribution in [3.05, 3.63) is 11.4 Å². The molecule has 2 fully saturated rings. The molecule has 1 N–H and O–H groups in total. The van der Waals surface area contributed by atoms with Crippen LogP contribution < -0.4 is 5.32 Å². The highest BCUT2D eigenvalue weighted by Crippen LogP contribution is 2.34. The number of amides is 1. The summed E-state index contributed by atoms with van der Waals surface area (Å²) >= 11 is 1.61. The smallest absolute Gasteiger partial charge is 0.230 e. The average molecular weight is 364 g/mol. The maximum absolute atomic E-state index is 12.3. The van der Waals surface area contributed by atoms with Crippen molar-refractivity contribution in [1.82, 2.24) is 14.9 Å². The maximum atomic E-state index is 12.3. The first kappa shape index (κ1) is 18.8. The number of imidazole rings is 1. The van der Waals surface area contributed by atoms with Crippen LogP contribution in [0.4, 0.5) is 0 Å².